The Morgan fingerprint density at radius 1 is 1.13 bits per heavy atom. The van der Waals surface area contributed by atoms with E-state index >= 15 is 0 Å². The molecule has 1 aromatic heterocycles. The van der Waals surface area contributed by atoms with Crippen LogP contribution in [0, 0.1) is 5.82 Å². The molecule has 1 aliphatic heterocycles. The van der Waals surface area contributed by atoms with Crippen LogP contribution in [-0.2, 0) is 20.9 Å². The van der Waals surface area contributed by atoms with E-state index < -0.39 is 29.9 Å². The van der Waals surface area contributed by atoms with Gasteiger partial charge in [0.05, 0.1) is 18.0 Å². The minimum Gasteiger partial charge on any atom is -0.445 e. The van der Waals surface area contributed by atoms with Crippen LogP contribution in [0.25, 0.3) is 11.0 Å². The summed E-state index contributed by atoms with van der Waals surface area (Å²) < 4.78 is 19.4. The summed E-state index contributed by atoms with van der Waals surface area (Å²) in [4.78, 5) is 48.3. The van der Waals surface area contributed by atoms with Crippen LogP contribution >= 0.6 is 0 Å². The molecule has 1 fully saturated rings. The van der Waals surface area contributed by atoms with E-state index in [9.17, 15) is 18.8 Å². The van der Waals surface area contributed by atoms with Gasteiger partial charge in [-0.3, -0.25) is 9.59 Å². The Kier molecular flexibility index (Phi) is 8.93. The lowest BCUT2D eigenvalue weighted by atomic mass is 9.99. The number of ether oxygens (including phenoxy) is 1. The van der Waals surface area contributed by atoms with Gasteiger partial charge in [0, 0.05) is 12.6 Å². The molecule has 0 spiro atoms. The van der Waals surface area contributed by atoms with Crippen LogP contribution in [0.1, 0.15) is 63.4 Å². The molecule has 3 aromatic rings. The highest BCUT2D eigenvalue weighted by Gasteiger charge is 2.32. The van der Waals surface area contributed by atoms with Gasteiger partial charge < -0.3 is 25.3 Å². The van der Waals surface area contributed by atoms with Crippen molar-refractivity contribution in [1.82, 2.24) is 25.5 Å². The molecule has 38 heavy (non-hydrogen) atoms. The molecule has 2 heterocycles. The van der Waals surface area contributed by atoms with Gasteiger partial charge in [0.15, 0.2) is 5.82 Å². The fraction of sp³-hybridized carbons (Fsp3) is 0.429. The number of H-pyrrole nitrogens is 1. The van der Waals surface area contributed by atoms with E-state index in [1.807, 2.05) is 42.2 Å². The number of aromatic amines is 1. The van der Waals surface area contributed by atoms with E-state index in [2.05, 4.69) is 20.6 Å². The summed E-state index contributed by atoms with van der Waals surface area (Å²) in [6.45, 7) is 4.39. The molecule has 10 heteroatoms. The molecule has 2 unspecified atom stereocenters. The van der Waals surface area contributed by atoms with Crippen molar-refractivity contribution in [2.45, 2.75) is 70.7 Å². The number of aromatic nitrogens is 2. The van der Waals surface area contributed by atoms with Crippen molar-refractivity contribution in [2.75, 3.05) is 6.54 Å². The smallest absolute Gasteiger partial charge is 0.408 e. The van der Waals surface area contributed by atoms with Gasteiger partial charge in [0.2, 0.25) is 11.8 Å². The zero-order valence-electron chi connectivity index (χ0n) is 21.7. The van der Waals surface area contributed by atoms with E-state index in [-0.39, 0.29) is 30.5 Å². The van der Waals surface area contributed by atoms with Gasteiger partial charge in [-0.15, -0.1) is 0 Å². The predicted octanol–water partition coefficient (Wildman–Crippen LogP) is 4.36. The minimum atomic E-state index is -1.16. The Labute approximate surface area is 221 Å². The predicted molar refractivity (Wildman–Crippen MR) is 140 cm³/mol. The molecular formula is C28H34FN5O4. The van der Waals surface area contributed by atoms with Crippen molar-refractivity contribution in [3.63, 3.8) is 0 Å². The highest BCUT2D eigenvalue weighted by molar-refractivity contribution is 5.91. The lowest BCUT2D eigenvalue weighted by molar-refractivity contribution is -0.138. The molecule has 2 aromatic carbocycles. The van der Waals surface area contributed by atoms with Crippen molar-refractivity contribution in [1.29, 1.82) is 0 Å². The van der Waals surface area contributed by atoms with Crippen LogP contribution in [0.2, 0.25) is 0 Å². The number of halogens is 1. The van der Waals surface area contributed by atoms with E-state index in [0.717, 1.165) is 31.2 Å². The summed E-state index contributed by atoms with van der Waals surface area (Å²) in [5.74, 6) is -0.869. The van der Waals surface area contributed by atoms with Gasteiger partial charge in [0.25, 0.3) is 0 Å². The summed E-state index contributed by atoms with van der Waals surface area (Å²) in [6, 6.07) is 12.1. The molecule has 3 amide bonds. The lowest BCUT2D eigenvalue weighted by Gasteiger charge is -2.36. The Hall–Kier alpha value is -3.95. The van der Waals surface area contributed by atoms with Crippen molar-refractivity contribution in [2.24, 2.45) is 0 Å². The molecule has 0 radical (unpaired) electrons. The number of alkyl carbamates (subject to hydrolysis) is 1. The number of fused-ring (bicyclic) bond motifs is 1. The average Bonchev–Trinajstić information content (AvgIpc) is 3.38. The first kappa shape index (κ1) is 27.1. The third-order valence-corrected chi connectivity index (χ3v) is 6.87. The molecule has 3 atom stereocenters. The largest absolute Gasteiger partial charge is 0.445 e. The minimum absolute atomic E-state index is 0.0277. The van der Waals surface area contributed by atoms with Crippen LogP contribution in [0.15, 0.2) is 48.5 Å². The zero-order chi connectivity index (χ0) is 27.1. The quantitative estimate of drug-likeness (QED) is 0.386. The van der Waals surface area contributed by atoms with Crippen molar-refractivity contribution in [3.05, 3.63) is 65.7 Å². The number of likely N-dealkylation sites (tertiary alicyclic amines) is 1. The summed E-state index contributed by atoms with van der Waals surface area (Å²) in [7, 11) is 0. The standard InChI is InChI=1S/C28H34FN5O4/c1-3-20-12-7-8-15-34(20)24(35)16-23(32-28(37)38-17-19-10-5-4-6-11-19)27(36)30-18(2)26-31-22-14-9-13-21(29)25(22)33-26/h4-6,9-11,13-14,18,20,23H,3,7-8,12,15-17H2,1-2H3,(H,30,36)(H,31,33)(H,32,37)/t18?,20-,23?/m0/s1. The van der Waals surface area contributed by atoms with E-state index in [4.69, 9.17) is 4.74 Å². The molecule has 1 saturated heterocycles. The number of amides is 3. The van der Waals surface area contributed by atoms with Gasteiger partial charge in [-0.1, -0.05) is 43.3 Å². The van der Waals surface area contributed by atoms with Crippen molar-refractivity contribution >= 4 is 28.9 Å². The summed E-state index contributed by atoms with van der Waals surface area (Å²) in [5.41, 5.74) is 1.48. The second-order valence-corrected chi connectivity index (χ2v) is 9.60. The normalized spacial score (nSPS) is 17.0. The number of para-hydroxylation sites is 1. The van der Waals surface area contributed by atoms with Crippen molar-refractivity contribution < 1.29 is 23.5 Å². The number of carbonyl (C=O) groups excluding carboxylic acids is 3. The van der Waals surface area contributed by atoms with Gasteiger partial charge in [0.1, 0.15) is 24.0 Å². The number of rotatable bonds is 9. The van der Waals surface area contributed by atoms with E-state index in [1.165, 1.54) is 6.07 Å². The van der Waals surface area contributed by atoms with E-state index in [0.29, 0.717) is 17.9 Å². The number of nitrogens with zero attached hydrogens (tertiary/aromatic N) is 2. The van der Waals surface area contributed by atoms with Crippen LogP contribution < -0.4 is 10.6 Å². The van der Waals surface area contributed by atoms with Gasteiger partial charge in [-0.2, -0.15) is 0 Å². The number of imidazole rings is 1. The highest BCUT2D eigenvalue weighted by atomic mass is 19.1. The number of hydrogen-bond donors (Lipinski definition) is 3. The number of hydrogen-bond acceptors (Lipinski definition) is 5. The molecule has 9 nitrogen and oxygen atoms in total. The number of carbonyl (C=O) groups is 3. The summed E-state index contributed by atoms with van der Waals surface area (Å²) >= 11 is 0. The molecule has 0 saturated carbocycles. The Morgan fingerprint density at radius 2 is 1.92 bits per heavy atom. The molecule has 3 N–H and O–H groups in total. The van der Waals surface area contributed by atoms with Crippen LogP contribution in [0.5, 0.6) is 0 Å². The average molecular weight is 524 g/mol. The second kappa shape index (κ2) is 12.5. The first-order chi connectivity index (χ1) is 18.4. The first-order valence-electron chi connectivity index (χ1n) is 13.1. The van der Waals surface area contributed by atoms with Crippen LogP contribution in [0.4, 0.5) is 9.18 Å². The number of benzene rings is 2. The third-order valence-electron chi connectivity index (χ3n) is 6.87. The van der Waals surface area contributed by atoms with Gasteiger partial charge in [-0.25, -0.2) is 14.2 Å². The summed E-state index contributed by atoms with van der Waals surface area (Å²) in [5, 5.41) is 5.36. The Bertz CT molecular complexity index is 1260. The highest BCUT2D eigenvalue weighted by Crippen LogP contribution is 2.22. The molecule has 0 bridgehead atoms. The van der Waals surface area contributed by atoms with Crippen LogP contribution in [0.3, 0.4) is 0 Å². The maximum absolute atomic E-state index is 14.1. The van der Waals surface area contributed by atoms with Crippen LogP contribution in [-0.4, -0.2) is 51.4 Å². The monoisotopic (exact) mass is 523 g/mol. The number of nitrogens with one attached hydrogen (secondary N) is 3. The Balaban J connectivity index is 1.46. The van der Waals surface area contributed by atoms with Crippen molar-refractivity contribution in [3.8, 4) is 0 Å². The van der Waals surface area contributed by atoms with Gasteiger partial charge >= 0.3 is 6.09 Å². The SMILES string of the molecule is CC[C@H]1CCCCN1C(=O)CC(NC(=O)OCc1ccccc1)C(=O)NC(C)c1nc2c(F)cccc2[nH]1. The molecular weight excluding hydrogens is 489 g/mol. The zero-order valence-corrected chi connectivity index (χ0v) is 21.7. The lowest BCUT2D eigenvalue weighted by Crippen LogP contribution is -2.52. The first-order valence-corrected chi connectivity index (χ1v) is 13.1. The fourth-order valence-corrected chi connectivity index (χ4v) is 4.77. The van der Waals surface area contributed by atoms with Gasteiger partial charge in [-0.05, 0) is 50.3 Å². The third kappa shape index (κ3) is 6.67. The number of piperidine rings is 1. The molecule has 4 rings (SSSR count). The summed E-state index contributed by atoms with van der Waals surface area (Å²) in [6.07, 6.45) is 2.72. The second-order valence-electron chi connectivity index (χ2n) is 9.60. The molecule has 202 valence electrons. The van der Waals surface area contributed by atoms with E-state index in [1.54, 1.807) is 19.1 Å². The Morgan fingerprint density at radius 3 is 2.66 bits per heavy atom. The topological polar surface area (TPSA) is 116 Å². The maximum Gasteiger partial charge on any atom is 0.408 e. The maximum atomic E-state index is 14.1. The fourth-order valence-electron chi connectivity index (χ4n) is 4.77. The molecule has 0 aliphatic carbocycles. The molecule has 1 aliphatic rings.